The molecule has 0 radical (unpaired) electrons. The summed E-state index contributed by atoms with van der Waals surface area (Å²) in [6.45, 7) is 6.34. The average Bonchev–Trinajstić information content (AvgIpc) is 2.11. The van der Waals surface area contributed by atoms with Gasteiger partial charge in [0, 0.05) is 12.6 Å². The van der Waals surface area contributed by atoms with Gasteiger partial charge in [-0.15, -0.1) is 0 Å². The van der Waals surface area contributed by atoms with E-state index in [1.165, 1.54) is 6.07 Å². The Hall–Kier alpha value is -1.04. The molecule has 0 saturated heterocycles. The molecule has 17 heavy (non-hydrogen) atoms. The Morgan fingerprint density at radius 3 is 2.29 bits per heavy atom. The summed E-state index contributed by atoms with van der Waals surface area (Å²) < 4.78 is 37.2. The van der Waals surface area contributed by atoms with Gasteiger partial charge in [-0.2, -0.15) is 13.2 Å². The van der Waals surface area contributed by atoms with Crippen LogP contribution in [0.5, 0.6) is 0 Å². The predicted octanol–water partition coefficient (Wildman–Crippen LogP) is 3.61. The van der Waals surface area contributed by atoms with Gasteiger partial charge in [0.1, 0.15) is 11.0 Å². The van der Waals surface area contributed by atoms with Crippen molar-refractivity contribution in [3.63, 3.8) is 0 Å². The normalized spacial score (nSPS) is 12.6. The van der Waals surface area contributed by atoms with E-state index in [4.69, 9.17) is 11.6 Å². The molecule has 0 bridgehead atoms. The van der Waals surface area contributed by atoms with E-state index >= 15 is 0 Å². The van der Waals surface area contributed by atoms with Crippen LogP contribution in [0.4, 0.5) is 19.0 Å². The van der Waals surface area contributed by atoms with Gasteiger partial charge in [0.15, 0.2) is 0 Å². The van der Waals surface area contributed by atoms with Crippen LogP contribution < -0.4 is 5.32 Å². The first kappa shape index (κ1) is 14.0. The van der Waals surface area contributed by atoms with E-state index < -0.39 is 12.0 Å². The number of halogens is 4. The van der Waals surface area contributed by atoms with E-state index in [0.717, 1.165) is 0 Å². The molecule has 1 N–H and O–H groups in total. The van der Waals surface area contributed by atoms with Crippen molar-refractivity contribution in [1.29, 1.82) is 0 Å². The van der Waals surface area contributed by atoms with Gasteiger partial charge in [-0.3, -0.25) is 0 Å². The first-order valence-corrected chi connectivity index (χ1v) is 5.31. The van der Waals surface area contributed by atoms with Crippen molar-refractivity contribution in [1.82, 2.24) is 9.97 Å². The Kier molecular flexibility index (Phi) is 3.86. The number of alkyl halides is 3. The maximum absolute atomic E-state index is 12.4. The Labute approximate surface area is 102 Å². The van der Waals surface area contributed by atoms with Gasteiger partial charge in [-0.05, 0) is 5.41 Å². The number of hydrogen-bond acceptors (Lipinski definition) is 3. The summed E-state index contributed by atoms with van der Waals surface area (Å²) in [5.74, 6) is -1.16. The molecule has 1 aromatic heterocycles. The van der Waals surface area contributed by atoms with E-state index in [9.17, 15) is 13.2 Å². The Morgan fingerprint density at radius 1 is 1.24 bits per heavy atom. The second kappa shape index (κ2) is 4.68. The minimum absolute atomic E-state index is 0.0736. The lowest BCUT2D eigenvalue weighted by atomic mass is 9.97. The highest BCUT2D eigenvalue weighted by molar-refractivity contribution is 6.29. The van der Waals surface area contributed by atoms with Gasteiger partial charge in [0.25, 0.3) is 0 Å². The lowest BCUT2D eigenvalue weighted by Crippen LogP contribution is -2.21. The molecule has 3 nitrogen and oxygen atoms in total. The second-order valence-electron chi connectivity index (χ2n) is 4.81. The average molecular weight is 268 g/mol. The molecule has 0 saturated carbocycles. The zero-order valence-electron chi connectivity index (χ0n) is 9.69. The van der Waals surface area contributed by atoms with Gasteiger partial charge in [0.05, 0.1) is 0 Å². The summed E-state index contributed by atoms with van der Waals surface area (Å²) in [4.78, 5) is 6.52. The van der Waals surface area contributed by atoms with Crippen LogP contribution in [0.2, 0.25) is 5.15 Å². The Balaban J connectivity index is 2.91. The zero-order chi connectivity index (χ0) is 13.3. The standard InChI is InChI=1S/C10H13ClF3N3/c1-9(2,3)5-15-7-4-6(11)16-8(17-7)10(12,13)14/h4H,5H2,1-3H3,(H,15,16,17). The molecule has 0 spiro atoms. The lowest BCUT2D eigenvalue weighted by Gasteiger charge is -2.19. The van der Waals surface area contributed by atoms with Crippen molar-refractivity contribution in [2.24, 2.45) is 5.41 Å². The molecule has 0 aliphatic rings. The number of aromatic nitrogens is 2. The summed E-state index contributed by atoms with van der Waals surface area (Å²) in [6, 6.07) is 1.27. The van der Waals surface area contributed by atoms with E-state index in [2.05, 4.69) is 15.3 Å². The largest absolute Gasteiger partial charge is 0.451 e. The smallest absolute Gasteiger partial charge is 0.369 e. The molecule has 0 amide bonds. The fourth-order valence-electron chi connectivity index (χ4n) is 0.991. The van der Waals surface area contributed by atoms with Crippen LogP contribution in [0.3, 0.4) is 0 Å². The van der Waals surface area contributed by atoms with Crippen LogP contribution in [-0.2, 0) is 6.18 Å². The molecular weight excluding hydrogens is 255 g/mol. The molecule has 0 fully saturated rings. The SMILES string of the molecule is CC(C)(C)CNc1cc(Cl)nc(C(F)(F)F)n1. The van der Waals surface area contributed by atoms with Gasteiger partial charge in [-0.25, -0.2) is 9.97 Å². The molecule has 0 aromatic carbocycles. The van der Waals surface area contributed by atoms with Crippen LogP contribution in [0.15, 0.2) is 6.07 Å². The van der Waals surface area contributed by atoms with Crippen LogP contribution in [-0.4, -0.2) is 16.5 Å². The summed E-state index contributed by atoms with van der Waals surface area (Å²) in [7, 11) is 0. The number of rotatable bonds is 2. The number of hydrogen-bond donors (Lipinski definition) is 1. The highest BCUT2D eigenvalue weighted by Gasteiger charge is 2.35. The number of nitrogens with one attached hydrogen (secondary N) is 1. The highest BCUT2D eigenvalue weighted by Crippen LogP contribution is 2.28. The van der Waals surface area contributed by atoms with Gasteiger partial charge in [-0.1, -0.05) is 32.4 Å². The Morgan fingerprint density at radius 2 is 1.82 bits per heavy atom. The fraction of sp³-hybridized carbons (Fsp3) is 0.600. The van der Waals surface area contributed by atoms with Crippen molar-refractivity contribution < 1.29 is 13.2 Å². The van der Waals surface area contributed by atoms with Gasteiger partial charge in [0.2, 0.25) is 5.82 Å². The molecule has 0 aliphatic carbocycles. The van der Waals surface area contributed by atoms with E-state index in [0.29, 0.717) is 6.54 Å². The number of anilines is 1. The first-order valence-electron chi connectivity index (χ1n) is 4.93. The lowest BCUT2D eigenvalue weighted by molar-refractivity contribution is -0.144. The Bertz CT molecular complexity index is 399. The second-order valence-corrected chi connectivity index (χ2v) is 5.20. The summed E-state index contributed by atoms with van der Waals surface area (Å²) in [5.41, 5.74) is -0.0736. The third-order valence-electron chi connectivity index (χ3n) is 1.75. The van der Waals surface area contributed by atoms with Gasteiger partial charge < -0.3 is 5.32 Å². The van der Waals surface area contributed by atoms with Crippen molar-refractivity contribution in [2.45, 2.75) is 26.9 Å². The molecule has 0 atom stereocenters. The highest BCUT2D eigenvalue weighted by atomic mass is 35.5. The summed E-state index contributed by atoms with van der Waals surface area (Å²) in [5, 5.41) is 2.57. The molecule has 1 heterocycles. The molecule has 1 aromatic rings. The van der Waals surface area contributed by atoms with E-state index in [1.54, 1.807) is 0 Å². The van der Waals surface area contributed by atoms with E-state index in [-0.39, 0.29) is 16.4 Å². The molecule has 0 unspecified atom stereocenters. The maximum atomic E-state index is 12.4. The minimum Gasteiger partial charge on any atom is -0.369 e. The van der Waals surface area contributed by atoms with Crippen molar-refractivity contribution in [3.8, 4) is 0 Å². The topological polar surface area (TPSA) is 37.8 Å². The third kappa shape index (κ3) is 4.77. The zero-order valence-corrected chi connectivity index (χ0v) is 10.4. The van der Waals surface area contributed by atoms with Crippen molar-refractivity contribution in [3.05, 3.63) is 17.0 Å². The van der Waals surface area contributed by atoms with Crippen LogP contribution in [0, 0.1) is 5.41 Å². The van der Waals surface area contributed by atoms with Crippen LogP contribution >= 0.6 is 11.6 Å². The maximum Gasteiger partial charge on any atom is 0.451 e. The van der Waals surface area contributed by atoms with E-state index in [1.807, 2.05) is 20.8 Å². The van der Waals surface area contributed by atoms with Crippen LogP contribution in [0.25, 0.3) is 0 Å². The number of nitrogens with zero attached hydrogens (tertiary/aromatic N) is 2. The van der Waals surface area contributed by atoms with Gasteiger partial charge >= 0.3 is 6.18 Å². The summed E-state index contributed by atoms with van der Waals surface area (Å²) >= 11 is 5.51. The minimum atomic E-state index is -4.59. The van der Waals surface area contributed by atoms with Crippen molar-refractivity contribution >= 4 is 17.4 Å². The first-order chi connectivity index (χ1) is 7.58. The molecule has 96 valence electrons. The molecule has 0 aliphatic heterocycles. The summed E-state index contributed by atoms with van der Waals surface area (Å²) in [6.07, 6.45) is -4.59. The molecule has 1 rings (SSSR count). The van der Waals surface area contributed by atoms with Crippen molar-refractivity contribution in [2.75, 3.05) is 11.9 Å². The predicted molar refractivity (Wildman–Crippen MR) is 60.0 cm³/mol. The molecular formula is C10H13ClF3N3. The van der Waals surface area contributed by atoms with Crippen LogP contribution in [0.1, 0.15) is 26.6 Å². The third-order valence-corrected chi connectivity index (χ3v) is 1.94. The monoisotopic (exact) mass is 267 g/mol. The quantitative estimate of drug-likeness (QED) is 0.832. The molecule has 7 heteroatoms. The fourth-order valence-corrected chi connectivity index (χ4v) is 1.17.